The van der Waals surface area contributed by atoms with Crippen molar-refractivity contribution in [1.82, 2.24) is 10.2 Å². The second-order valence-corrected chi connectivity index (χ2v) is 3.85. The fourth-order valence-electron chi connectivity index (χ4n) is 1.76. The zero-order valence-electron chi connectivity index (χ0n) is 8.08. The molecule has 1 saturated heterocycles. The third-order valence-corrected chi connectivity index (χ3v) is 2.42. The molecule has 0 radical (unpaired) electrons. The lowest BCUT2D eigenvalue weighted by Crippen LogP contribution is -2.48. The van der Waals surface area contributed by atoms with Gasteiger partial charge >= 0.3 is 0 Å². The lowest BCUT2D eigenvalue weighted by molar-refractivity contribution is 0.189. The summed E-state index contributed by atoms with van der Waals surface area (Å²) in [6, 6.07) is 0.812. The van der Waals surface area contributed by atoms with Gasteiger partial charge in [-0.05, 0) is 33.4 Å². The number of nitrogens with one attached hydrogen (secondary N) is 1. The fourth-order valence-corrected chi connectivity index (χ4v) is 1.76. The molecule has 0 aromatic heterocycles. The van der Waals surface area contributed by atoms with Gasteiger partial charge in [-0.25, -0.2) is 0 Å². The van der Waals surface area contributed by atoms with Crippen molar-refractivity contribution >= 4 is 0 Å². The molecule has 1 aliphatic heterocycles. The standard InChI is InChI=1S/C9H20N2O/c1-8(7-12)10-9-4-3-5-11(2)6-9/h8-10,12H,3-7H2,1-2H3. The largest absolute Gasteiger partial charge is 0.395 e. The molecule has 12 heavy (non-hydrogen) atoms. The molecule has 2 atom stereocenters. The molecule has 3 nitrogen and oxygen atoms in total. The molecule has 1 rings (SSSR count). The highest BCUT2D eigenvalue weighted by molar-refractivity contribution is 4.78. The Bertz CT molecular complexity index is 130. The van der Waals surface area contributed by atoms with E-state index in [-0.39, 0.29) is 12.6 Å². The van der Waals surface area contributed by atoms with Crippen molar-refractivity contribution in [1.29, 1.82) is 0 Å². The Kier molecular flexibility index (Phi) is 3.98. The lowest BCUT2D eigenvalue weighted by Gasteiger charge is -2.31. The van der Waals surface area contributed by atoms with Crippen molar-refractivity contribution in [2.75, 3.05) is 26.7 Å². The van der Waals surface area contributed by atoms with E-state index in [4.69, 9.17) is 5.11 Å². The lowest BCUT2D eigenvalue weighted by atomic mass is 10.1. The van der Waals surface area contributed by atoms with Crippen LogP contribution in [-0.4, -0.2) is 48.8 Å². The number of likely N-dealkylation sites (tertiary alicyclic amines) is 1. The molecular formula is C9H20N2O. The van der Waals surface area contributed by atoms with Gasteiger partial charge in [0.15, 0.2) is 0 Å². The summed E-state index contributed by atoms with van der Waals surface area (Å²) in [4.78, 5) is 2.34. The van der Waals surface area contributed by atoms with Crippen LogP contribution in [-0.2, 0) is 0 Å². The van der Waals surface area contributed by atoms with E-state index in [2.05, 4.69) is 17.3 Å². The number of likely N-dealkylation sites (N-methyl/N-ethyl adjacent to an activating group) is 1. The topological polar surface area (TPSA) is 35.5 Å². The minimum Gasteiger partial charge on any atom is -0.395 e. The molecule has 1 fully saturated rings. The third kappa shape index (κ3) is 3.09. The van der Waals surface area contributed by atoms with Crippen LogP contribution in [0.25, 0.3) is 0 Å². The van der Waals surface area contributed by atoms with Crippen molar-refractivity contribution in [3.8, 4) is 0 Å². The number of piperidine rings is 1. The van der Waals surface area contributed by atoms with E-state index in [0.717, 1.165) is 6.54 Å². The summed E-state index contributed by atoms with van der Waals surface area (Å²) in [5, 5.41) is 12.3. The van der Waals surface area contributed by atoms with E-state index in [9.17, 15) is 0 Å². The number of hydrogen-bond acceptors (Lipinski definition) is 3. The van der Waals surface area contributed by atoms with Gasteiger partial charge in [0.2, 0.25) is 0 Å². The Morgan fingerprint density at radius 1 is 1.67 bits per heavy atom. The average molecular weight is 172 g/mol. The maximum atomic E-state index is 8.86. The molecule has 72 valence electrons. The van der Waals surface area contributed by atoms with Crippen LogP contribution in [0, 0.1) is 0 Å². The highest BCUT2D eigenvalue weighted by atomic mass is 16.3. The predicted molar refractivity (Wildman–Crippen MR) is 50.2 cm³/mol. The first-order valence-corrected chi connectivity index (χ1v) is 4.78. The Hall–Kier alpha value is -0.120. The van der Waals surface area contributed by atoms with Crippen molar-refractivity contribution in [2.24, 2.45) is 0 Å². The third-order valence-electron chi connectivity index (χ3n) is 2.42. The zero-order valence-corrected chi connectivity index (χ0v) is 8.08. The highest BCUT2D eigenvalue weighted by Gasteiger charge is 2.17. The maximum Gasteiger partial charge on any atom is 0.0582 e. The molecule has 2 unspecified atom stereocenters. The summed E-state index contributed by atoms with van der Waals surface area (Å²) in [7, 11) is 2.15. The van der Waals surface area contributed by atoms with Gasteiger partial charge in [-0.2, -0.15) is 0 Å². The van der Waals surface area contributed by atoms with Crippen LogP contribution in [0.1, 0.15) is 19.8 Å². The number of aliphatic hydroxyl groups excluding tert-OH is 1. The molecule has 3 heteroatoms. The minimum atomic E-state index is 0.236. The Balaban J connectivity index is 2.22. The highest BCUT2D eigenvalue weighted by Crippen LogP contribution is 2.08. The quantitative estimate of drug-likeness (QED) is 0.631. The smallest absolute Gasteiger partial charge is 0.0582 e. The van der Waals surface area contributed by atoms with Crippen molar-refractivity contribution in [3.63, 3.8) is 0 Å². The maximum absolute atomic E-state index is 8.86. The first-order valence-electron chi connectivity index (χ1n) is 4.78. The zero-order chi connectivity index (χ0) is 8.97. The first kappa shape index (κ1) is 9.96. The van der Waals surface area contributed by atoms with Crippen LogP contribution in [0.4, 0.5) is 0 Å². The molecule has 0 amide bonds. The van der Waals surface area contributed by atoms with Gasteiger partial charge in [-0.3, -0.25) is 0 Å². The summed E-state index contributed by atoms with van der Waals surface area (Å²) in [6.45, 7) is 4.59. The molecule has 2 N–H and O–H groups in total. The van der Waals surface area contributed by atoms with Gasteiger partial charge in [0.1, 0.15) is 0 Å². The van der Waals surface area contributed by atoms with E-state index < -0.39 is 0 Å². The molecule has 0 aliphatic carbocycles. The van der Waals surface area contributed by atoms with Crippen LogP contribution < -0.4 is 5.32 Å². The normalized spacial score (nSPS) is 28.8. The Morgan fingerprint density at radius 2 is 2.42 bits per heavy atom. The van der Waals surface area contributed by atoms with E-state index in [1.807, 2.05) is 6.92 Å². The summed E-state index contributed by atoms with van der Waals surface area (Å²) < 4.78 is 0. The van der Waals surface area contributed by atoms with Crippen molar-refractivity contribution in [3.05, 3.63) is 0 Å². The minimum absolute atomic E-state index is 0.236. The van der Waals surface area contributed by atoms with Crippen LogP contribution in [0.3, 0.4) is 0 Å². The molecule has 1 heterocycles. The second kappa shape index (κ2) is 4.80. The summed E-state index contributed by atoms with van der Waals surface area (Å²) >= 11 is 0. The second-order valence-electron chi connectivity index (χ2n) is 3.85. The Labute approximate surface area is 74.8 Å². The molecule has 0 bridgehead atoms. The van der Waals surface area contributed by atoms with E-state index in [1.165, 1.54) is 19.4 Å². The Morgan fingerprint density at radius 3 is 3.00 bits per heavy atom. The summed E-state index contributed by atoms with van der Waals surface area (Å²) in [5.41, 5.74) is 0. The van der Waals surface area contributed by atoms with Gasteiger partial charge in [0, 0.05) is 18.6 Å². The predicted octanol–water partition coefficient (Wildman–Crippen LogP) is 0.0510. The van der Waals surface area contributed by atoms with E-state index in [1.54, 1.807) is 0 Å². The number of rotatable bonds is 3. The molecule has 0 aromatic carbocycles. The van der Waals surface area contributed by atoms with Crippen LogP contribution in [0.2, 0.25) is 0 Å². The number of aliphatic hydroxyl groups is 1. The van der Waals surface area contributed by atoms with Crippen LogP contribution >= 0.6 is 0 Å². The van der Waals surface area contributed by atoms with Gasteiger partial charge in [0.25, 0.3) is 0 Å². The van der Waals surface area contributed by atoms with Gasteiger partial charge in [-0.1, -0.05) is 0 Å². The van der Waals surface area contributed by atoms with Crippen molar-refractivity contribution < 1.29 is 5.11 Å². The summed E-state index contributed by atoms with van der Waals surface area (Å²) in [5.74, 6) is 0. The fraction of sp³-hybridized carbons (Fsp3) is 1.00. The van der Waals surface area contributed by atoms with E-state index in [0.29, 0.717) is 6.04 Å². The number of nitrogens with zero attached hydrogens (tertiary/aromatic N) is 1. The van der Waals surface area contributed by atoms with Crippen molar-refractivity contribution in [2.45, 2.75) is 31.8 Å². The summed E-state index contributed by atoms with van der Waals surface area (Å²) in [6.07, 6.45) is 2.51. The number of hydrogen-bond donors (Lipinski definition) is 2. The molecule has 1 aliphatic rings. The molecule has 0 spiro atoms. The molecule has 0 saturated carbocycles. The monoisotopic (exact) mass is 172 g/mol. The van der Waals surface area contributed by atoms with Crippen LogP contribution in [0.15, 0.2) is 0 Å². The van der Waals surface area contributed by atoms with Gasteiger partial charge in [0.05, 0.1) is 6.61 Å². The van der Waals surface area contributed by atoms with Gasteiger partial charge < -0.3 is 15.3 Å². The van der Waals surface area contributed by atoms with Crippen LogP contribution in [0.5, 0.6) is 0 Å². The SMILES string of the molecule is CC(CO)NC1CCCN(C)C1. The first-order chi connectivity index (χ1) is 5.72. The van der Waals surface area contributed by atoms with E-state index >= 15 is 0 Å². The molecule has 0 aromatic rings. The molecular weight excluding hydrogens is 152 g/mol. The van der Waals surface area contributed by atoms with Gasteiger partial charge in [-0.15, -0.1) is 0 Å². The average Bonchev–Trinajstić information content (AvgIpc) is 2.04.